The molecule has 0 aliphatic carbocycles. The number of rotatable bonds is 7. The van der Waals surface area contributed by atoms with Crippen LogP contribution in [0, 0.1) is 20.8 Å². The van der Waals surface area contributed by atoms with Gasteiger partial charge in [-0.2, -0.15) is 0 Å². The molecule has 25 heavy (non-hydrogen) atoms. The Labute approximate surface area is 149 Å². The summed E-state index contributed by atoms with van der Waals surface area (Å²) < 4.78 is 10.8. The number of aryl methyl sites for hydroxylation is 2. The molecular weight excluding hydrogens is 316 g/mol. The van der Waals surface area contributed by atoms with E-state index >= 15 is 0 Å². The summed E-state index contributed by atoms with van der Waals surface area (Å²) in [6, 6.07) is 11.7. The first-order valence-electron chi connectivity index (χ1n) is 8.35. The summed E-state index contributed by atoms with van der Waals surface area (Å²) >= 11 is 0. The van der Waals surface area contributed by atoms with E-state index < -0.39 is 0 Å². The zero-order valence-corrected chi connectivity index (χ0v) is 15.3. The van der Waals surface area contributed by atoms with E-state index in [1.807, 2.05) is 51.1 Å². The number of carbonyl (C=O) groups excluding carboxylic acids is 1. The highest BCUT2D eigenvalue weighted by atomic mass is 16.5. The Balaban J connectivity index is 1.71. The average Bonchev–Trinajstić information content (AvgIpc) is 2.62. The van der Waals surface area contributed by atoms with E-state index in [0.29, 0.717) is 6.54 Å². The van der Waals surface area contributed by atoms with Crippen LogP contribution in [0.25, 0.3) is 0 Å². The molecule has 2 N–H and O–H groups in total. The summed E-state index contributed by atoms with van der Waals surface area (Å²) in [6.45, 7) is 6.75. The molecule has 0 radical (unpaired) electrons. The van der Waals surface area contributed by atoms with Gasteiger partial charge in [0.15, 0.2) is 6.73 Å². The molecule has 0 unspecified atom stereocenters. The van der Waals surface area contributed by atoms with Crippen molar-refractivity contribution in [3.63, 3.8) is 0 Å². The van der Waals surface area contributed by atoms with Gasteiger partial charge in [0.05, 0.1) is 7.11 Å². The first-order chi connectivity index (χ1) is 12.0. The molecule has 0 saturated carbocycles. The second-order valence-electron chi connectivity index (χ2n) is 5.97. The molecule has 2 rings (SSSR count). The molecule has 0 atom stereocenters. The predicted molar refractivity (Wildman–Crippen MR) is 99.4 cm³/mol. The summed E-state index contributed by atoms with van der Waals surface area (Å²) in [5.74, 6) is 1.66. The summed E-state index contributed by atoms with van der Waals surface area (Å²) in [7, 11) is 1.64. The molecule has 0 aliphatic rings. The van der Waals surface area contributed by atoms with E-state index in [2.05, 4.69) is 16.7 Å². The number of amides is 2. The van der Waals surface area contributed by atoms with Gasteiger partial charge in [0.2, 0.25) is 0 Å². The summed E-state index contributed by atoms with van der Waals surface area (Å²) in [5, 5.41) is 5.54. The molecule has 0 saturated heterocycles. The smallest absolute Gasteiger partial charge is 0.317 e. The molecule has 134 valence electrons. The van der Waals surface area contributed by atoms with Crippen LogP contribution in [0.4, 0.5) is 4.79 Å². The van der Waals surface area contributed by atoms with Gasteiger partial charge in [0.25, 0.3) is 0 Å². The van der Waals surface area contributed by atoms with Crippen molar-refractivity contribution >= 4 is 6.03 Å². The van der Waals surface area contributed by atoms with Gasteiger partial charge in [0.1, 0.15) is 11.5 Å². The molecule has 0 heterocycles. The first kappa shape index (κ1) is 18.6. The second kappa shape index (κ2) is 8.97. The van der Waals surface area contributed by atoms with Crippen LogP contribution in [-0.4, -0.2) is 26.4 Å². The molecule has 2 amide bonds. The van der Waals surface area contributed by atoms with Crippen LogP contribution < -0.4 is 20.1 Å². The molecule has 0 aliphatic heterocycles. The largest absolute Gasteiger partial charge is 0.497 e. The minimum absolute atomic E-state index is 0.138. The van der Waals surface area contributed by atoms with Crippen molar-refractivity contribution in [3.8, 4) is 11.5 Å². The molecule has 5 heteroatoms. The third-order valence-electron chi connectivity index (χ3n) is 4.18. The summed E-state index contributed by atoms with van der Waals surface area (Å²) in [5.41, 5.74) is 4.47. The van der Waals surface area contributed by atoms with E-state index in [-0.39, 0.29) is 12.8 Å². The lowest BCUT2D eigenvalue weighted by atomic mass is 10.1. The van der Waals surface area contributed by atoms with E-state index in [0.717, 1.165) is 34.6 Å². The van der Waals surface area contributed by atoms with Crippen LogP contribution in [0.5, 0.6) is 11.5 Å². The average molecular weight is 342 g/mol. The molecule has 2 aromatic rings. The molecule has 0 fully saturated rings. The third-order valence-corrected chi connectivity index (χ3v) is 4.18. The van der Waals surface area contributed by atoms with Gasteiger partial charge in [-0.05, 0) is 61.6 Å². The van der Waals surface area contributed by atoms with Crippen molar-refractivity contribution in [3.05, 3.63) is 58.7 Å². The van der Waals surface area contributed by atoms with Gasteiger partial charge >= 0.3 is 6.03 Å². The van der Waals surface area contributed by atoms with Gasteiger partial charge in [-0.3, -0.25) is 0 Å². The maximum absolute atomic E-state index is 11.8. The normalized spacial score (nSPS) is 10.2. The van der Waals surface area contributed by atoms with E-state index in [9.17, 15) is 4.79 Å². The number of ether oxygens (including phenoxy) is 2. The number of urea groups is 1. The van der Waals surface area contributed by atoms with Crippen LogP contribution in [0.2, 0.25) is 0 Å². The maximum Gasteiger partial charge on any atom is 0.317 e. The Morgan fingerprint density at radius 1 is 0.960 bits per heavy atom. The van der Waals surface area contributed by atoms with Gasteiger partial charge in [-0.25, -0.2) is 4.79 Å². The van der Waals surface area contributed by atoms with Crippen LogP contribution in [0.15, 0.2) is 36.4 Å². The van der Waals surface area contributed by atoms with Crippen LogP contribution >= 0.6 is 0 Å². The Morgan fingerprint density at radius 3 is 2.32 bits per heavy atom. The summed E-state index contributed by atoms with van der Waals surface area (Å²) in [4.78, 5) is 11.8. The lowest BCUT2D eigenvalue weighted by Gasteiger charge is -2.14. The molecule has 0 aromatic heterocycles. The lowest BCUT2D eigenvalue weighted by molar-refractivity contribution is 0.223. The Morgan fingerprint density at radius 2 is 1.64 bits per heavy atom. The van der Waals surface area contributed by atoms with Crippen molar-refractivity contribution in [2.75, 3.05) is 20.4 Å². The Bertz CT molecular complexity index is 712. The highest BCUT2D eigenvalue weighted by molar-refractivity contribution is 5.73. The Kier molecular flexibility index (Phi) is 6.69. The molecular formula is C20H26N2O3. The number of methoxy groups -OCH3 is 1. The SMILES string of the molecule is COc1ccc(CCNC(=O)NCOc2c(C)ccc(C)c2C)cc1. The minimum Gasteiger partial charge on any atom is -0.497 e. The van der Waals surface area contributed by atoms with Gasteiger partial charge in [0, 0.05) is 6.54 Å². The fraction of sp³-hybridized carbons (Fsp3) is 0.350. The zero-order valence-electron chi connectivity index (χ0n) is 15.3. The van der Waals surface area contributed by atoms with Crippen molar-refractivity contribution in [1.29, 1.82) is 0 Å². The van der Waals surface area contributed by atoms with Crippen molar-refractivity contribution in [2.45, 2.75) is 27.2 Å². The molecule has 2 aromatic carbocycles. The van der Waals surface area contributed by atoms with E-state index in [1.54, 1.807) is 7.11 Å². The fourth-order valence-corrected chi connectivity index (χ4v) is 2.50. The summed E-state index contributed by atoms with van der Waals surface area (Å²) in [6.07, 6.45) is 0.758. The van der Waals surface area contributed by atoms with Gasteiger partial charge in [-0.15, -0.1) is 0 Å². The topological polar surface area (TPSA) is 59.6 Å². The second-order valence-corrected chi connectivity index (χ2v) is 5.97. The van der Waals surface area contributed by atoms with E-state index in [1.165, 1.54) is 5.56 Å². The van der Waals surface area contributed by atoms with Gasteiger partial charge in [-0.1, -0.05) is 24.3 Å². The Hall–Kier alpha value is -2.69. The number of carbonyl (C=O) groups is 1. The number of hydrogen-bond acceptors (Lipinski definition) is 3. The first-order valence-corrected chi connectivity index (χ1v) is 8.35. The van der Waals surface area contributed by atoms with Crippen LogP contribution in [-0.2, 0) is 6.42 Å². The quantitative estimate of drug-likeness (QED) is 0.757. The van der Waals surface area contributed by atoms with Gasteiger partial charge < -0.3 is 20.1 Å². The lowest BCUT2D eigenvalue weighted by Crippen LogP contribution is -2.38. The fourth-order valence-electron chi connectivity index (χ4n) is 2.50. The number of hydrogen-bond donors (Lipinski definition) is 2. The molecule has 5 nitrogen and oxygen atoms in total. The zero-order chi connectivity index (χ0) is 18.2. The maximum atomic E-state index is 11.8. The van der Waals surface area contributed by atoms with E-state index in [4.69, 9.17) is 9.47 Å². The van der Waals surface area contributed by atoms with Crippen molar-refractivity contribution in [1.82, 2.24) is 10.6 Å². The molecule has 0 spiro atoms. The van der Waals surface area contributed by atoms with Crippen molar-refractivity contribution < 1.29 is 14.3 Å². The van der Waals surface area contributed by atoms with Crippen LogP contribution in [0.3, 0.4) is 0 Å². The standard InChI is InChI=1S/C20H26N2O3/c1-14-5-6-15(2)19(16(14)3)25-13-22-20(23)21-12-11-17-7-9-18(24-4)10-8-17/h5-10H,11-13H2,1-4H3,(H2,21,22,23). The number of nitrogens with one attached hydrogen (secondary N) is 2. The number of benzene rings is 2. The highest BCUT2D eigenvalue weighted by Gasteiger charge is 2.07. The highest BCUT2D eigenvalue weighted by Crippen LogP contribution is 2.25. The molecule has 0 bridgehead atoms. The monoisotopic (exact) mass is 342 g/mol. The predicted octanol–water partition coefficient (Wildman–Crippen LogP) is 3.50. The van der Waals surface area contributed by atoms with Crippen LogP contribution in [0.1, 0.15) is 22.3 Å². The van der Waals surface area contributed by atoms with Crippen molar-refractivity contribution in [2.24, 2.45) is 0 Å². The minimum atomic E-state index is -0.239. The third kappa shape index (κ3) is 5.41.